The number of rotatable bonds is 5. The summed E-state index contributed by atoms with van der Waals surface area (Å²) in [6.45, 7) is 4.78. The SMILES string of the molecule is CCOC(=O)Cn1c(=O)c2c(nc3n2C[C@H](C)CN3c2ccc(OC)cc2)n(C)c1=O. The van der Waals surface area contributed by atoms with Crippen molar-refractivity contribution in [3.8, 4) is 5.75 Å². The van der Waals surface area contributed by atoms with Gasteiger partial charge in [-0.15, -0.1) is 0 Å². The Morgan fingerprint density at radius 2 is 1.90 bits per heavy atom. The second-order valence-electron chi connectivity index (χ2n) is 7.65. The van der Waals surface area contributed by atoms with E-state index >= 15 is 0 Å². The molecule has 164 valence electrons. The number of hydrogen-bond donors (Lipinski definition) is 0. The Morgan fingerprint density at radius 3 is 2.55 bits per heavy atom. The minimum atomic E-state index is -0.632. The van der Waals surface area contributed by atoms with Gasteiger partial charge in [-0.25, -0.2) is 9.36 Å². The highest BCUT2D eigenvalue weighted by Crippen LogP contribution is 2.33. The molecule has 2 aromatic heterocycles. The first-order chi connectivity index (χ1) is 14.8. The van der Waals surface area contributed by atoms with Crippen molar-refractivity contribution >= 4 is 28.8 Å². The van der Waals surface area contributed by atoms with Gasteiger partial charge in [0.2, 0.25) is 5.95 Å². The van der Waals surface area contributed by atoms with Crippen molar-refractivity contribution < 1.29 is 14.3 Å². The van der Waals surface area contributed by atoms with E-state index in [1.165, 1.54) is 4.57 Å². The van der Waals surface area contributed by atoms with Crippen LogP contribution in [0.25, 0.3) is 11.2 Å². The Hall–Kier alpha value is -3.56. The third kappa shape index (κ3) is 3.47. The van der Waals surface area contributed by atoms with Gasteiger partial charge in [0.1, 0.15) is 12.3 Å². The van der Waals surface area contributed by atoms with Gasteiger partial charge in [0, 0.05) is 25.8 Å². The monoisotopic (exact) mass is 427 g/mol. The normalized spacial score (nSPS) is 15.7. The molecule has 1 atom stereocenters. The van der Waals surface area contributed by atoms with E-state index in [1.807, 2.05) is 33.7 Å². The van der Waals surface area contributed by atoms with E-state index in [0.29, 0.717) is 24.6 Å². The average Bonchev–Trinajstić information content (AvgIpc) is 3.14. The molecular weight excluding hydrogens is 402 g/mol. The van der Waals surface area contributed by atoms with Crippen LogP contribution in [0.2, 0.25) is 0 Å². The largest absolute Gasteiger partial charge is 0.497 e. The highest BCUT2D eigenvalue weighted by Gasteiger charge is 2.30. The number of imidazole rings is 1. The molecule has 0 N–H and O–H groups in total. The molecule has 0 fully saturated rings. The molecule has 0 spiro atoms. The lowest BCUT2D eigenvalue weighted by atomic mass is 10.1. The Kier molecular flexibility index (Phi) is 5.30. The van der Waals surface area contributed by atoms with Crippen molar-refractivity contribution in [2.24, 2.45) is 13.0 Å². The van der Waals surface area contributed by atoms with Crippen LogP contribution in [0.5, 0.6) is 5.75 Å². The van der Waals surface area contributed by atoms with Crippen LogP contribution in [0.1, 0.15) is 13.8 Å². The summed E-state index contributed by atoms with van der Waals surface area (Å²) in [6.07, 6.45) is 0. The zero-order chi connectivity index (χ0) is 22.3. The molecule has 4 rings (SSSR count). The highest BCUT2D eigenvalue weighted by molar-refractivity contribution is 5.77. The fourth-order valence-electron chi connectivity index (χ4n) is 3.96. The van der Waals surface area contributed by atoms with Crippen molar-refractivity contribution in [1.82, 2.24) is 18.7 Å². The second kappa shape index (κ2) is 7.93. The molecule has 10 heteroatoms. The first-order valence-corrected chi connectivity index (χ1v) is 10.1. The topological polar surface area (TPSA) is 101 Å². The molecule has 0 unspecified atom stereocenters. The van der Waals surface area contributed by atoms with Crippen LogP contribution in [-0.2, 0) is 29.7 Å². The van der Waals surface area contributed by atoms with Crippen LogP contribution < -0.4 is 20.9 Å². The van der Waals surface area contributed by atoms with Gasteiger partial charge in [0.25, 0.3) is 5.56 Å². The van der Waals surface area contributed by atoms with E-state index in [9.17, 15) is 14.4 Å². The maximum atomic E-state index is 13.3. The summed E-state index contributed by atoms with van der Waals surface area (Å²) >= 11 is 0. The predicted octanol–water partition coefficient (Wildman–Crippen LogP) is 1.26. The Balaban J connectivity index is 1.90. The van der Waals surface area contributed by atoms with Crippen molar-refractivity contribution in [2.45, 2.75) is 26.9 Å². The predicted molar refractivity (Wildman–Crippen MR) is 115 cm³/mol. The molecule has 0 amide bonds. The van der Waals surface area contributed by atoms with Crippen molar-refractivity contribution in [3.05, 3.63) is 45.1 Å². The second-order valence-corrected chi connectivity index (χ2v) is 7.65. The van der Waals surface area contributed by atoms with Crippen LogP contribution in [0.3, 0.4) is 0 Å². The molecule has 1 aliphatic rings. The first kappa shape index (κ1) is 20.7. The number of carbonyl (C=O) groups excluding carboxylic acids is 1. The molecular formula is C21H25N5O5. The van der Waals surface area contributed by atoms with Crippen LogP contribution >= 0.6 is 0 Å². The zero-order valence-corrected chi connectivity index (χ0v) is 18.0. The summed E-state index contributed by atoms with van der Waals surface area (Å²) < 4.78 is 14.2. The standard InChI is InChI=1S/C21H25N5O5/c1-5-31-16(27)12-26-19(28)17-18(23(3)21(26)29)22-20-24(10-13(2)11-25(17)20)14-6-8-15(30-4)9-7-14/h6-9,13H,5,10-12H2,1-4H3/t13-/m1/s1. The van der Waals surface area contributed by atoms with Gasteiger partial charge in [-0.2, -0.15) is 4.98 Å². The van der Waals surface area contributed by atoms with Crippen molar-refractivity contribution in [3.63, 3.8) is 0 Å². The molecule has 0 saturated carbocycles. The van der Waals surface area contributed by atoms with Crippen LogP contribution in [0.15, 0.2) is 33.9 Å². The lowest BCUT2D eigenvalue weighted by Gasteiger charge is -2.33. The summed E-state index contributed by atoms with van der Waals surface area (Å²) in [5, 5.41) is 0. The molecule has 1 aromatic carbocycles. The van der Waals surface area contributed by atoms with Gasteiger partial charge in [0.05, 0.1) is 13.7 Å². The van der Waals surface area contributed by atoms with Crippen LogP contribution in [-0.4, -0.2) is 44.9 Å². The average molecular weight is 427 g/mol. The number of fused-ring (bicyclic) bond motifs is 3. The van der Waals surface area contributed by atoms with E-state index in [0.717, 1.165) is 16.0 Å². The summed E-state index contributed by atoms with van der Waals surface area (Å²) in [5.41, 5.74) is 0.337. The van der Waals surface area contributed by atoms with E-state index in [4.69, 9.17) is 9.47 Å². The fourth-order valence-corrected chi connectivity index (χ4v) is 3.96. The number of hydrogen-bond acceptors (Lipinski definition) is 7. The summed E-state index contributed by atoms with van der Waals surface area (Å²) in [7, 11) is 3.16. The molecule has 0 bridgehead atoms. The van der Waals surface area contributed by atoms with Gasteiger partial charge in [-0.05, 0) is 37.1 Å². The number of ether oxygens (including phenoxy) is 2. The van der Waals surface area contributed by atoms with E-state index in [-0.39, 0.29) is 18.2 Å². The summed E-state index contributed by atoms with van der Waals surface area (Å²) in [4.78, 5) is 44.7. The number of anilines is 2. The van der Waals surface area contributed by atoms with Crippen LogP contribution in [0.4, 0.5) is 11.6 Å². The maximum Gasteiger partial charge on any atom is 0.333 e. The molecule has 0 aliphatic carbocycles. The molecule has 0 saturated heterocycles. The Morgan fingerprint density at radius 1 is 1.19 bits per heavy atom. The lowest BCUT2D eigenvalue weighted by molar-refractivity contribution is -0.143. The molecule has 0 radical (unpaired) electrons. The van der Waals surface area contributed by atoms with Gasteiger partial charge in [-0.1, -0.05) is 6.92 Å². The number of aryl methyl sites for hydroxylation is 1. The van der Waals surface area contributed by atoms with Crippen molar-refractivity contribution in [1.29, 1.82) is 0 Å². The zero-order valence-electron chi connectivity index (χ0n) is 18.0. The number of carbonyl (C=O) groups is 1. The van der Waals surface area contributed by atoms with Gasteiger partial charge in [-0.3, -0.25) is 14.2 Å². The number of benzene rings is 1. The minimum absolute atomic E-state index is 0.173. The number of aromatic nitrogens is 4. The highest BCUT2D eigenvalue weighted by atomic mass is 16.5. The molecule has 3 aromatic rings. The third-order valence-corrected chi connectivity index (χ3v) is 5.42. The van der Waals surface area contributed by atoms with Crippen LogP contribution in [0, 0.1) is 5.92 Å². The molecule has 1 aliphatic heterocycles. The minimum Gasteiger partial charge on any atom is -0.497 e. The smallest absolute Gasteiger partial charge is 0.333 e. The summed E-state index contributed by atoms with van der Waals surface area (Å²) in [5.74, 6) is 0.917. The maximum absolute atomic E-state index is 13.3. The van der Waals surface area contributed by atoms with E-state index in [1.54, 1.807) is 21.1 Å². The van der Waals surface area contributed by atoms with E-state index in [2.05, 4.69) is 11.9 Å². The number of esters is 1. The van der Waals surface area contributed by atoms with E-state index < -0.39 is 23.8 Å². The number of methoxy groups -OCH3 is 1. The Labute approximate surface area is 178 Å². The quantitative estimate of drug-likeness (QED) is 0.565. The summed E-state index contributed by atoms with van der Waals surface area (Å²) in [6, 6.07) is 7.59. The molecule has 31 heavy (non-hydrogen) atoms. The van der Waals surface area contributed by atoms with Crippen molar-refractivity contribution in [2.75, 3.05) is 25.2 Å². The molecule has 3 heterocycles. The Bertz CT molecular complexity index is 1250. The first-order valence-electron chi connectivity index (χ1n) is 10.1. The number of nitrogens with zero attached hydrogens (tertiary/aromatic N) is 5. The lowest BCUT2D eigenvalue weighted by Crippen LogP contribution is -2.42. The van der Waals surface area contributed by atoms with Gasteiger partial charge >= 0.3 is 11.7 Å². The third-order valence-electron chi connectivity index (χ3n) is 5.42. The van der Waals surface area contributed by atoms with Gasteiger partial charge < -0.3 is 18.9 Å². The molecule has 10 nitrogen and oxygen atoms in total. The van der Waals surface area contributed by atoms with Gasteiger partial charge in [0.15, 0.2) is 11.2 Å². The fraction of sp³-hybridized carbons (Fsp3) is 0.429.